The van der Waals surface area contributed by atoms with Crippen LogP contribution in [-0.4, -0.2) is 38.7 Å². The second-order valence-electron chi connectivity index (χ2n) is 7.59. The number of aliphatic carboxylic acids is 1. The molecule has 0 unspecified atom stereocenters. The van der Waals surface area contributed by atoms with Gasteiger partial charge in [-0.05, 0) is 23.3 Å². The number of amides is 1. The minimum atomic E-state index is -1.16. The maximum absolute atomic E-state index is 12.3. The highest BCUT2D eigenvalue weighted by molar-refractivity contribution is 5.93. The van der Waals surface area contributed by atoms with E-state index in [9.17, 15) is 9.59 Å². The number of para-hydroxylation sites is 1. The summed E-state index contributed by atoms with van der Waals surface area (Å²) in [7, 11) is 1.64. The van der Waals surface area contributed by atoms with Gasteiger partial charge in [0.05, 0.1) is 11.4 Å². The SMILES string of the molecule is CN(Cc1cn(-c2ccccc2)nc1-c1ccc(-c2ccccc2)cc1)C(=O)/C=C/C(=O)O. The highest BCUT2D eigenvalue weighted by atomic mass is 16.4. The molecule has 0 fully saturated rings. The molecule has 1 aromatic heterocycles. The zero-order valence-corrected chi connectivity index (χ0v) is 18.1. The van der Waals surface area contributed by atoms with Crippen molar-refractivity contribution in [3.8, 4) is 28.1 Å². The van der Waals surface area contributed by atoms with Crippen LogP contribution >= 0.6 is 0 Å². The highest BCUT2D eigenvalue weighted by Crippen LogP contribution is 2.28. The molecule has 0 atom stereocenters. The summed E-state index contributed by atoms with van der Waals surface area (Å²) in [5.41, 5.74) is 5.70. The molecule has 0 aliphatic rings. The van der Waals surface area contributed by atoms with Gasteiger partial charge < -0.3 is 10.0 Å². The Labute approximate surface area is 192 Å². The second kappa shape index (κ2) is 9.78. The summed E-state index contributed by atoms with van der Waals surface area (Å²) in [6.07, 6.45) is 3.80. The van der Waals surface area contributed by atoms with Gasteiger partial charge in [-0.3, -0.25) is 4.79 Å². The number of rotatable bonds is 7. The Morgan fingerprint density at radius 1 is 0.848 bits per heavy atom. The Bertz CT molecular complexity index is 1280. The molecule has 1 N–H and O–H groups in total. The molecule has 0 bridgehead atoms. The molecule has 0 radical (unpaired) electrons. The van der Waals surface area contributed by atoms with Gasteiger partial charge in [-0.1, -0.05) is 72.8 Å². The van der Waals surface area contributed by atoms with E-state index in [2.05, 4.69) is 24.3 Å². The van der Waals surface area contributed by atoms with Crippen molar-refractivity contribution in [2.45, 2.75) is 6.54 Å². The Kier molecular flexibility index (Phi) is 6.45. The van der Waals surface area contributed by atoms with E-state index in [1.807, 2.05) is 66.9 Å². The fourth-order valence-electron chi connectivity index (χ4n) is 3.54. The summed E-state index contributed by atoms with van der Waals surface area (Å²) in [6, 6.07) is 28.0. The van der Waals surface area contributed by atoms with Crippen LogP contribution in [0, 0.1) is 0 Å². The second-order valence-corrected chi connectivity index (χ2v) is 7.59. The van der Waals surface area contributed by atoms with Crippen LogP contribution in [0.15, 0.2) is 103 Å². The minimum absolute atomic E-state index is 0.283. The average Bonchev–Trinajstić information content (AvgIpc) is 3.27. The first-order valence-corrected chi connectivity index (χ1v) is 10.5. The van der Waals surface area contributed by atoms with Crippen molar-refractivity contribution < 1.29 is 14.7 Å². The number of carbonyl (C=O) groups is 2. The monoisotopic (exact) mass is 437 g/mol. The molecule has 0 saturated heterocycles. The van der Waals surface area contributed by atoms with Gasteiger partial charge in [0.2, 0.25) is 5.91 Å². The summed E-state index contributed by atoms with van der Waals surface area (Å²) in [5, 5.41) is 13.6. The number of hydrogen-bond donors (Lipinski definition) is 1. The summed E-state index contributed by atoms with van der Waals surface area (Å²) in [6.45, 7) is 0.283. The Morgan fingerprint density at radius 2 is 1.42 bits per heavy atom. The van der Waals surface area contributed by atoms with E-state index in [1.54, 1.807) is 11.7 Å². The fourth-order valence-corrected chi connectivity index (χ4v) is 3.54. The van der Waals surface area contributed by atoms with Crippen molar-refractivity contribution in [3.05, 3.63) is 109 Å². The molecule has 6 heteroatoms. The maximum atomic E-state index is 12.3. The van der Waals surface area contributed by atoms with E-state index >= 15 is 0 Å². The average molecular weight is 437 g/mol. The molecule has 0 aliphatic carbocycles. The molecule has 4 rings (SSSR count). The molecular weight excluding hydrogens is 414 g/mol. The van der Waals surface area contributed by atoms with Crippen LogP contribution in [0.5, 0.6) is 0 Å². The van der Waals surface area contributed by atoms with Gasteiger partial charge in [0.15, 0.2) is 0 Å². The zero-order valence-electron chi connectivity index (χ0n) is 18.1. The van der Waals surface area contributed by atoms with Crippen molar-refractivity contribution in [2.24, 2.45) is 0 Å². The molecular formula is C27H23N3O3. The zero-order chi connectivity index (χ0) is 23.2. The van der Waals surface area contributed by atoms with E-state index in [0.29, 0.717) is 0 Å². The lowest BCUT2D eigenvalue weighted by Crippen LogP contribution is -2.24. The first-order valence-electron chi connectivity index (χ1n) is 10.5. The van der Waals surface area contributed by atoms with Crippen LogP contribution in [0.1, 0.15) is 5.56 Å². The van der Waals surface area contributed by atoms with Gasteiger partial charge in [-0.25, -0.2) is 9.48 Å². The molecule has 0 saturated carbocycles. The number of likely N-dealkylation sites (N-methyl/N-ethyl adjacent to an activating group) is 1. The van der Waals surface area contributed by atoms with Crippen molar-refractivity contribution in [3.63, 3.8) is 0 Å². The number of carboxylic acids is 1. The first kappa shape index (κ1) is 21.8. The quantitative estimate of drug-likeness (QED) is 0.421. The molecule has 164 valence electrons. The predicted octanol–water partition coefficient (Wildman–Crippen LogP) is 4.81. The third kappa shape index (κ3) is 5.25. The summed E-state index contributed by atoms with van der Waals surface area (Å²) < 4.78 is 1.79. The van der Waals surface area contributed by atoms with Crippen molar-refractivity contribution in [1.82, 2.24) is 14.7 Å². The standard InChI is InChI=1S/C27H23N3O3/c1-29(25(31)16-17-26(32)33)18-23-19-30(24-10-6-3-7-11-24)28-27(23)22-14-12-21(13-15-22)20-8-4-2-5-9-20/h2-17,19H,18H2,1H3,(H,32,33)/b17-16+. The third-order valence-corrected chi connectivity index (χ3v) is 5.23. The lowest BCUT2D eigenvalue weighted by molar-refractivity contribution is -0.132. The first-order chi connectivity index (χ1) is 16.0. The van der Waals surface area contributed by atoms with Gasteiger partial charge >= 0.3 is 5.97 Å². The number of nitrogens with zero attached hydrogens (tertiary/aromatic N) is 3. The van der Waals surface area contributed by atoms with Crippen molar-refractivity contribution in [2.75, 3.05) is 7.05 Å². The van der Waals surface area contributed by atoms with E-state index in [4.69, 9.17) is 10.2 Å². The van der Waals surface area contributed by atoms with E-state index in [0.717, 1.165) is 45.8 Å². The molecule has 1 heterocycles. The van der Waals surface area contributed by atoms with Gasteiger partial charge in [0.1, 0.15) is 0 Å². The van der Waals surface area contributed by atoms with Crippen LogP contribution in [0.2, 0.25) is 0 Å². The topological polar surface area (TPSA) is 75.4 Å². The minimum Gasteiger partial charge on any atom is -0.478 e. The number of hydrogen-bond acceptors (Lipinski definition) is 3. The predicted molar refractivity (Wildman–Crippen MR) is 128 cm³/mol. The smallest absolute Gasteiger partial charge is 0.328 e. The fraction of sp³-hybridized carbons (Fsp3) is 0.0741. The molecule has 0 aliphatic heterocycles. The lowest BCUT2D eigenvalue weighted by Gasteiger charge is -2.15. The number of benzene rings is 3. The van der Waals surface area contributed by atoms with Gasteiger partial charge in [0, 0.05) is 43.1 Å². The molecule has 4 aromatic rings. The van der Waals surface area contributed by atoms with Crippen LogP contribution < -0.4 is 0 Å². The third-order valence-electron chi connectivity index (χ3n) is 5.23. The van der Waals surface area contributed by atoms with E-state index in [1.165, 1.54) is 4.90 Å². The highest BCUT2D eigenvalue weighted by Gasteiger charge is 2.16. The van der Waals surface area contributed by atoms with Crippen LogP contribution in [-0.2, 0) is 16.1 Å². The summed E-state index contributed by atoms with van der Waals surface area (Å²) >= 11 is 0. The van der Waals surface area contributed by atoms with Gasteiger partial charge in [-0.2, -0.15) is 5.10 Å². The van der Waals surface area contributed by atoms with E-state index in [-0.39, 0.29) is 6.54 Å². The number of aromatic nitrogens is 2. The number of carboxylic acid groups (broad SMARTS) is 1. The normalized spacial score (nSPS) is 10.9. The molecule has 1 amide bonds. The number of carbonyl (C=O) groups excluding carboxylic acids is 1. The molecule has 33 heavy (non-hydrogen) atoms. The van der Waals surface area contributed by atoms with Gasteiger partial charge in [-0.15, -0.1) is 0 Å². The van der Waals surface area contributed by atoms with Crippen LogP contribution in [0.4, 0.5) is 0 Å². The Balaban J connectivity index is 1.68. The lowest BCUT2D eigenvalue weighted by atomic mass is 10.0. The molecule has 3 aromatic carbocycles. The van der Waals surface area contributed by atoms with Crippen LogP contribution in [0.25, 0.3) is 28.1 Å². The van der Waals surface area contributed by atoms with Crippen molar-refractivity contribution >= 4 is 11.9 Å². The summed E-state index contributed by atoms with van der Waals surface area (Å²) in [4.78, 5) is 24.5. The van der Waals surface area contributed by atoms with Gasteiger partial charge in [0.25, 0.3) is 0 Å². The van der Waals surface area contributed by atoms with Crippen molar-refractivity contribution in [1.29, 1.82) is 0 Å². The Hall–Kier alpha value is -4.45. The largest absolute Gasteiger partial charge is 0.478 e. The Morgan fingerprint density at radius 3 is 2.06 bits per heavy atom. The van der Waals surface area contributed by atoms with Crippen LogP contribution in [0.3, 0.4) is 0 Å². The molecule has 6 nitrogen and oxygen atoms in total. The maximum Gasteiger partial charge on any atom is 0.328 e. The molecule has 0 spiro atoms. The summed E-state index contributed by atoms with van der Waals surface area (Å²) in [5.74, 6) is -1.55. The van der Waals surface area contributed by atoms with E-state index < -0.39 is 11.9 Å².